The van der Waals surface area contributed by atoms with Crippen LogP contribution in [0.25, 0.3) is 16.7 Å². The van der Waals surface area contributed by atoms with Gasteiger partial charge in [0.2, 0.25) is 0 Å². The summed E-state index contributed by atoms with van der Waals surface area (Å²) in [5.74, 6) is 0.245. The molecule has 1 aliphatic heterocycles. The Hall–Kier alpha value is -3.28. The van der Waals surface area contributed by atoms with E-state index in [2.05, 4.69) is 0 Å². The second kappa shape index (κ2) is 9.25. The molecule has 3 rings (SSSR count). The van der Waals surface area contributed by atoms with E-state index < -0.39 is 17.7 Å². The number of methoxy groups -OCH3 is 2. The van der Waals surface area contributed by atoms with Gasteiger partial charge in [-0.1, -0.05) is 30.3 Å². The molecule has 0 unspecified atom stereocenters. The normalized spacial score (nSPS) is 14.3. The maximum absolute atomic E-state index is 12.6. The van der Waals surface area contributed by atoms with Crippen molar-refractivity contribution in [2.24, 2.45) is 0 Å². The van der Waals surface area contributed by atoms with Crippen LogP contribution in [0.1, 0.15) is 32.8 Å². The first-order valence-electron chi connectivity index (χ1n) is 10.2. The molecular weight excluding hydrogens is 394 g/mol. The summed E-state index contributed by atoms with van der Waals surface area (Å²) in [6.07, 6.45) is 0.0639. The highest BCUT2D eigenvalue weighted by Gasteiger charge is 2.31. The maximum Gasteiger partial charge on any atom is 0.410 e. The van der Waals surface area contributed by atoms with E-state index >= 15 is 0 Å². The van der Waals surface area contributed by atoms with Gasteiger partial charge in [0.05, 0.1) is 26.3 Å². The van der Waals surface area contributed by atoms with E-state index in [1.165, 1.54) is 7.11 Å². The van der Waals surface area contributed by atoms with Crippen molar-refractivity contribution < 1.29 is 23.8 Å². The summed E-state index contributed by atoms with van der Waals surface area (Å²) >= 11 is 0. The van der Waals surface area contributed by atoms with E-state index in [-0.39, 0.29) is 6.54 Å². The molecule has 0 aromatic heterocycles. The second-order valence-electron chi connectivity index (χ2n) is 8.42. The van der Waals surface area contributed by atoms with E-state index in [0.717, 1.165) is 22.3 Å². The largest absolute Gasteiger partial charge is 0.497 e. The highest BCUT2D eigenvalue weighted by atomic mass is 16.6. The third-order valence-electron chi connectivity index (χ3n) is 5.03. The number of rotatable bonds is 4. The number of benzene rings is 2. The molecule has 31 heavy (non-hydrogen) atoms. The molecule has 6 heteroatoms. The van der Waals surface area contributed by atoms with Crippen molar-refractivity contribution in [1.29, 1.82) is 0 Å². The zero-order valence-corrected chi connectivity index (χ0v) is 18.7. The summed E-state index contributed by atoms with van der Waals surface area (Å²) in [5.41, 5.74) is 3.61. The molecule has 0 saturated heterocycles. The summed E-state index contributed by atoms with van der Waals surface area (Å²) in [6, 6.07) is 15.9. The first kappa shape index (κ1) is 22.4. The zero-order valence-electron chi connectivity index (χ0n) is 18.7. The van der Waals surface area contributed by atoms with Gasteiger partial charge in [-0.25, -0.2) is 9.59 Å². The fourth-order valence-electron chi connectivity index (χ4n) is 3.56. The molecule has 0 saturated carbocycles. The Balaban J connectivity index is 2.02. The first-order valence-corrected chi connectivity index (χ1v) is 10.2. The van der Waals surface area contributed by atoms with E-state index in [4.69, 9.17) is 14.2 Å². The standard InChI is InChI=1S/C25H29NO5/c1-25(2,3)31-24(28)26-12-11-21(22(16-26)23(27)30-5)19-13-18(14-20(15-19)29-4)17-9-7-6-8-10-17/h6-10,13-15H,11-12,16H2,1-5H3. The molecule has 0 radical (unpaired) electrons. The Morgan fingerprint density at radius 3 is 2.23 bits per heavy atom. The molecule has 1 amide bonds. The average Bonchev–Trinajstić information content (AvgIpc) is 2.77. The van der Waals surface area contributed by atoms with Gasteiger partial charge in [0.15, 0.2) is 0 Å². The van der Waals surface area contributed by atoms with Crippen molar-refractivity contribution in [3.05, 3.63) is 59.7 Å². The Bertz CT molecular complexity index is 989. The third-order valence-corrected chi connectivity index (χ3v) is 5.03. The van der Waals surface area contributed by atoms with Crippen LogP contribution >= 0.6 is 0 Å². The molecule has 2 aromatic rings. The van der Waals surface area contributed by atoms with Crippen LogP contribution in [0.5, 0.6) is 5.75 Å². The minimum atomic E-state index is -0.607. The summed E-state index contributed by atoms with van der Waals surface area (Å²) in [4.78, 5) is 26.7. The molecule has 0 aliphatic carbocycles. The fourth-order valence-corrected chi connectivity index (χ4v) is 3.56. The van der Waals surface area contributed by atoms with Gasteiger partial charge in [0, 0.05) is 6.54 Å². The van der Waals surface area contributed by atoms with Crippen molar-refractivity contribution in [2.45, 2.75) is 32.8 Å². The van der Waals surface area contributed by atoms with Crippen molar-refractivity contribution in [2.75, 3.05) is 27.3 Å². The molecule has 6 nitrogen and oxygen atoms in total. The molecule has 0 bridgehead atoms. The smallest absolute Gasteiger partial charge is 0.410 e. The van der Waals surface area contributed by atoms with Crippen LogP contribution in [0.15, 0.2) is 54.1 Å². The molecule has 2 aromatic carbocycles. The van der Waals surface area contributed by atoms with E-state index in [1.54, 1.807) is 12.0 Å². The molecule has 0 atom stereocenters. The lowest BCUT2D eigenvalue weighted by Crippen LogP contribution is -2.41. The molecule has 1 heterocycles. The van der Waals surface area contributed by atoms with Crippen LogP contribution in [-0.2, 0) is 14.3 Å². The lowest BCUT2D eigenvalue weighted by molar-refractivity contribution is -0.136. The van der Waals surface area contributed by atoms with Gasteiger partial charge in [0.25, 0.3) is 0 Å². The number of esters is 1. The molecule has 0 fully saturated rings. The number of carbonyl (C=O) groups is 2. The Morgan fingerprint density at radius 1 is 0.935 bits per heavy atom. The monoisotopic (exact) mass is 423 g/mol. The molecule has 0 N–H and O–H groups in total. The molecule has 164 valence electrons. The van der Waals surface area contributed by atoms with Gasteiger partial charge in [-0.15, -0.1) is 0 Å². The van der Waals surface area contributed by atoms with Crippen LogP contribution in [-0.4, -0.2) is 49.9 Å². The predicted molar refractivity (Wildman–Crippen MR) is 120 cm³/mol. The van der Waals surface area contributed by atoms with Crippen LogP contribution in [0.3, 0.4) is 0 Å². The van der Waals surface area contributed by atoms with Gasteiger partial charge in [-0.05, 0) is 67.7 Å². The number of amides is 1. The predicted octanol–water partition coefficient (Wildman–Crippen LogP) is 4.93. The average molecular weight is 424 g/mol. The van der Waals surface area contributed by atoms with Crippen LogP contribution in [0.4, 0.5) is 4.79 Å². The third kappa shape index (κ3) is 5.45. The van der Waals surface area contributed by atoms with Crippen molar-refractivity contribution in [3.63, 3.8) is 0 Å². The van der Waals surface area contributed by atoms with Crippen molar-refractivity contribution in [1.82, 2.24) is 4.90 Å². The summed E-state index contributed by atoms with van der Waals surface area (Å²) in [6.45, 7) is 6.04. The Morgan fingerprint density at radius 2 is 1.61 bits per heavy atom. The number of hydrogen-bond donors (Lipinski definition) is 0. The van der Waals surface area contributed by atoms with Gasteiger partial charge < -0.3 is 19.1 Å². The zero-order chi connectivity index (χ0) is 22.6. The number of carbonyl (C=O) groups excluding carboxylic acids is 2. The topological polar surface area (TPSA) is 65.1 Å². The lowest BCUT2D eigenvalue weighted by atomic mass is 9.91. The van der Waals surface area contributed by atoms with Crippen molar-refractivity contribution in [3.8, 4) is 16.9 Å². The van der Waals surface area contributed by atoms with E-state index in [9.17, 15) is 9.59 Å². The van der Waals surface area contributed by atoms with E-state index in [1.807, 2.05) is 69.3 Å². The summed E-state index contributed by atoms with van der Waals surface area (Å²) < 4.78 is 16.0. The Labute approximate surface area is 183 Å². The van der Waals surface area contributed by atoms with Gasteiger partial charge in [-0.2, -0.15) is 0 Å². The van der Waals surface area contributed by atoms with Gasteiger partial charge >= 0.3 is 12.1 Å². The minimum absolute atomic E-state index is 0.134. The SMILES string of the molecule is COC(=O)C1=C(c2cc(OC)cc(-c3ccccc3)c2)CCN(C(=O)OC(C)(C)C)C1. The number of hydrogen-bond acceptors (Lipinski definition) is 5. The number of nitrogens with zero attached hydrogens (tertiary/aromatic N) is 1. The summed E-state index contributed by atoms with van der Waals surface area (Å²) in [7, 11) is 2.97. The molecule has 1 aliphatic rings. The van der Waals surface area contributed by atoms with Crippen LogP contribution < -0.4 is 4.74 Å². The Kier molecular flexibility index (Phi) is 6.68. The maximum atomic E-state index is 12.6. The van der Waals surface area contributed by atoms with E-state index in [0.29, 0.717) is 24.3 Å². The van der Waals surface area contributed by atoms with Crippen LogP contribution in [0.2, 0.25) is 0 Å². The second-order valence-corrected chi connectivity index (χ2v) is 8.42. The minimum Gasteiger partial charge on any atom is -0.497 e. The highest BCUT2D eigenvalue weighted by molar-refractivity contribution is 5.99. The van der Waals surface area contributed by atoms with Gasteiger partial charge in [0.1, 0.15) is 11.4 Å². The highest BCUT2D eigenvalue weighted by Crippen LogP contribution is 2.34. The molecular formula is C25H29NO5. The fraction of sp³-hybridized carbons (Fsp3) is 0.360. The first-order chi connectivity index (χ1) is 14.7. The van der Waals surface area contributed by atoms with Crippen molar-refractivity contribution >= 4 is 17.6 Å². The quantitative estimate of drug-likeness (QED) is 0.653. The summed E-state index contributed by atoms with van der Waals surface area (Å²) in [5, 5.41) is 0. The lowest BCUT2D eigenvalue weighted by Gasteiger charge is -2.32. The number of ether oxygens (including phenoxy) is 3. The van der Waals surface area contributed by atoms with Gasteiger partial charge in [-0.3, -0.25) is 0 Å². The van der Waals surface area contributed by atoms with Crippen LogP contribution in [0, 0.1) is 0 Å². The molecule has 0 spiro atoms.